The monoisotopic (exact) mass is 277 g/mol. The SMILES string of the molecule is COC(=O)CCCS(=O)(=O)NCC1(C(C)C)CC1. The summed E-state index contributed by atoms with van der Waals surface area (Å²) in [6.45, 7) is 4.77. The Labute approximate surface area is 109 Å². The first kappa shape index (κ1) is 15.4. The molecule has 1 aliphatic carbocycles. The third-order valence-electron chi connectivity index (χ3n) is 3.78. The minimum absolute atomic E-state index is 0.0176. The number of methoxy groups -OCH3 is 1. The van der Waals surface area contributed by atoms with Crippen LogP contribution in [-0.2, 0) is 19.6 Å². The van der Waals surface area contributed by atoms with E-state index in [9.17, 15) is 13.2 Å². The Morgan fingerprint density at radius 3 is 2.44 bits per heavy atom. The smallest absolute Gasteiger partial charge is 0.305 e. The first-order valence-electron chi connectivity index (χ1n) is 6.35. The lowest BCUT2D eigenvalue weighted by Crippen LogP contribution is -2.34. The van der Waals surface area contributed by atoms with Crippen LogP contribution in [0.2, 0.25) is 0 Å². The fraction of sp³-hybridized carbons (Fsp3) is 0.917. The highest BCUT2D eigenvalue weighted by atomic mass is 32.2. The molecule has 0 aromatic carbocycles. The lowest BCUT2D eigenvalue weighted by Gasteiger charge is -2.19. The van der Waals surface area contributed by atoms with Crippen LogP contribution in [0, 0.1) is 11.3 Å². The van der Waals surface area contributed by atoms with Gasteiger partial charge in [0.15, 0.2) is 0 Å². The van der Waals surface area contributed by atoms with Crippen molar-refractivity contribution < 1.29 is 17.9 Å². The molecule has 0 amide bonds. The van der Waals surface area contributed by atoms with Gasteiger partial charge >= 0.3 is 5.97 Å². The third kappa shape index (κ3) is 4.57. The molecule has 106 valence electrons. The van der Waals surface area contributed by atoms with Crippen LogP contribution < -0.4 is 4.72 Å². The summed E-state index contributed by atoms with van der Waals surface area (Å²) in [4.78, 5) is 10.9. The molecule has 0 aromatic rings. The Balaban J connectivity index is 2.30. The largest absolute Gasteiger partial charge is 0.469 e. The maximum absolute atomic E-state index is 11.7. The Morgan fingerprint density at radius 2 is 2.00 bits per heavy atom. The van der Waals surface area contributed by atoms with Crippen LogP contribution in [0.25, 0.3) is 0 Å². The zero-order chi connectivity index (χ0) is 13.8. The molecule has 0 bridgehead atoms. The fourth-order valence-corrected chi connectivity index (χ4v) is 3.13. The van der Waals surface area contributed by atoms with Gasteiger partial charge in [0.2, 0.25) is 10.0 Å². The number of ether oxygens (including phenoxy) is 1. The molecule has 6 heteroatoms. The zero-order valence-corrected chi connectivity index (χ0v) is 12.2. The van der Waals surface area contributed by atoms with E-state index in [1.807, 2.05) is 0 Å². The molecule has 1 rings (SSSR count). The van der Waals surface area contributed by atoms with E-state index >= 15 is 0 Å². The predicted octanol–water partition coefficient (Wildman–Crippen LogP) is 1.30. The van der Waals surface area contributed by atoms with Crippen molar-refractivity contribution in [3.63, 3.8) is 0 Å². The molecule has 0 aromatic heterocycles. The second kappa shape index (κ2) is 6.02. The van der Waals surface area contributed by atoms with Gasteiger partial charge in [-0.05, 0) is 30.6 Å². The van der Waals surface area contributed by atoms with Gasteiger partial charge in [-0.2, -0.15) is 0 Å². The minimum atomic E-state index is -3.27. The molecule has 0 saturated heterocycles. The topological polar surface area (TPSA) is 72.5 Å². The van der Waals surface area contributed by atoms with Crippen molar-refractivity contribution in [2.45, 2.75) is 39.5 Å². The summed E-state index contributed by atoms with van der Waals surface area (Å²) in [5.41, 5.74) is 0.162. The van der Waals surface area contributed by atoms with Gasteiger partial charge in [-0.3, -0.25) is 4.79 Å². The number of hydrogen-bond acceptors (Lipinski definition) is 4. The van der Waals surface area contributed by atoms with E-state index in [-0.39, 0.29) is 23.6 Å². The summed E-state index contributed by atoms with van der Waals surface area (Å²) in [6, 6.07) is 0. The molecule has 0 aliphatic heterocycles. The van der Waals surface area contributed by atoms with E-state index in [4.69, 9.17) is 0 Å². The number of nitrogens with one attached hydrogen (secondary N) is 1. The summed E-state index contributed by atoms with van der Waals surface area (Å²) in [5.74, 6) is 0.109. The number of hydrogen-bond donors (Lipinski definition) is 1. The minimum Gasteiger partial charge on any atom is -0.469 e. The van der Waals surface area contributed by atoms with Crippen LogP contribution in [0.3, 0.4) is 0 Å². The molecule has 0 spiro atoms. The maximum atomic E-state index is 11.7. The lowest BCUT2D eigenvalue weighted by atomic mass is 9.93. The fourth-order valence-electron chi connectivity index (χ4n) is 1.95. The molecule has 1 N–H and O–H groups in total. The number of rotatable bonds is 8. The molecular weight excluding hydrogens is 254 g/mol. The van der Waals surface area contributed by atoms with Gasteiger partial charge in [-0.1, -0.05) is 13.8 Å². The van der Waals surface area contributed by atoms with Gasteiger partial charge in [0.1, 0.15) is 0 Å². The Bertz CT molecular complexity index is 385. The van der Waals surface area contributed by atoms with Crippen LogP contribution in [0.4, 0.5) is 0 Å². The van der Waals surface area contributed by atoms with Crippen LogP contribution in [0.15, 0.2) is 0 Å². The summed E-state index contributed by atoms with van der Waals surface area (Å²) < 4.78 is 30.6. The van der Waals surface area contributed by atoms with E-state index in [1.165, 1.54) is 7.11 Å². The normalized spacial score (nSPS) is 17.8. The van der Waals surface area contributed by atoms with E-state index in [0.717, 1.165) is 12.8 Å². The molecular formula is C12H23NO4S. The maximum Gasteiger partial charge on any atom is 0.305 e. The molecule has 0 atom stereocenters. The standard InChI is InChI=1S/C12H23NO4S/c1-10(2)12(6-7-12)9-13-18(15,16)8-4-5-11(14)17-3/h10,13H,4-9H2,1-3H3. The van der Waals surface area contributed by atoms with Crippen molar-refractivity contribution in [3.8, 4) is 0 Å². The van der Waals surface area contributed by atoms with Crippen LogP contribution >= 0.6 is 0 Å². The first-order chi connectivity index (χ1) is 8.31. The Morgan fingerprint density at radius 1 is 1.39 bits per heavy atom. The molecule has 0 radical (unpaired) electrons. The van der Waals surface area contributed by atoms with Gasteiger partial charge in [-0.25, -0.2) is 13.1 Å². The Kier molecular flexibility index (Phi) is 5.16. The molecule has 1 fully saturated rings. The molecule has 1 aliphatic rings. The van der Waals surface area contributed by atoms with Crippen LogP contribution in [-0.4, -0.2) is 33.8 Å². The first-order valence-corrected chi connectivity index (χ1v) is 8.01. The molecule has 5 nitrogen and oxygen atoms in total. The quantitative estimate of drug-likeness (QED) is 0.679. The lowest BCUT2D eigenvalue weighted by molar-refractivity contribution is -0.140. The molecule has 0 heterocycles. The second-order valence-electron chi connectivity index (χ2n) is 5.34. The van der Waals surface area contributed by atoms with Crippen LogP contribution in [0.5, 0.6) is 0 Å². The number of esters is 1. The van der Waals surface area contributed by atoms with Crippen molar-refractivity contribution in [3.05, 3.63) is 0 Å². The van der Waals surface area contributed by atoms with Gasteiger partial charge in [0.05, 0.1) is 12.9 Å². The van der Waals surface area contributed by atoms with E-state index in [1.54, 1.807) is 0 Å². The summed E-state index contributed by atoms with van der Waals surface area (Å²) in [5, 5.41) is 0. The Hall–Kier alpha value is -0.620. The summed E-state index contributed by atoms with van der Waals surface area (Å²) >= 11 is 0. The highest BCUT2D eigenvalue weighted by Gasteiger charge is 2.45. The van der Waals surface area contributed by atoms with Gasteiger partial charge in [-0.15, -0.1) is 0 Å². The van der Waals surface area contributed by atoms with Crippen molar-refractivity contribution in [2.75, 3.05) is 19.4 Å². The number of carbonyl (C=O) groups excluding carboxylic acids is 1. The number of carbonyl (C=O) groups is 1. The average molecular weight is 277 g/mol. The highest BCUT2D eigenvalue weighted by molar-refractivity contribution is 7.89. The third-order valence-corrected chi connectivity index (χ3v) is 5.19. The summed E-state index contributed by atoms with van der Waals surface area (Å²) in [7, 11) is -1.97. The van der Waals surface area contributed by atoms with Crippen LogP contribution in [0.1, 0.15) is 39.5 Å². The van der Waals surface area contributed by atoms with Gasteiger partial charge < -0.3 is 4.74 Å². The van der Waals surface area contributed by atoms with Gasteiger partial charge in [0, 0.05) is 13.0 Å². The number of sulfonamides is 1. The van der Waals surface area contributed by atoms with Crippen molar-refractivity contribution in [2.24, 2.45) is 11.3 Å². The molecule has 0 unspecified atom stereocenters. The summed E-state index contributed by atoms with van der Waals surface area (Å²) in [6.07, 6.45) is 2.63. The average Bonchev–Trinajstić information content (AvgIpc) is 3.07. The van der Waals surface area contributed by atoms with Crippen molar-refractivity contribution >= 4 is 16.0 Å². The molecule has 1 saturated carbocycles. The van der Waals surface area contributed by atoms with Gasteiger partial charge in [0.25, 0.3) is 0 Å². The van der Waals surface area contributed by atoms with Crippen molar-refractivity contribution in [1.29, 1.82) is 0 Å². The second-order valence-corrected chi connectivity index (χ2v) is 7.26. The van der Waals surface area contributed by atoms with E-state index in [2.05, 4.69) is 23.3 Å². The van der Waals surface area contributed by atoms with E-state index in [0.29, 0.717) is 18.9 Å². The predicted molar refractivity (Wildman–Crippen MR) is 69.5 cm³/mol. The van der Waals surface area contributed by atoms with Crippen molar-refractivity contribution in [1.82, 2.24) is 4.72 Å². The van der Waals surface area contributed by atoms with E-state index < -0.39 is 10.0 Å². The zero-order valence-electron chi connectivity index (χ0n) is 11.4. The highest BCUT2D eigenvalue weighted by Crippen LogP contribution is 2.51. The molecule has 18 heavy (non-hydrogen) atoms.